The summed E-state index contributed by atoms with van der Waals surface area (Å²) < 4.78 is 0. The summed E-state index contributed by atoms with van der Waals surface area (Å²) in [5, 5.41) is 4.78. The molecule has 1 N–H and O–H groups in total. The maximum absolute atomic E-state index is 3.85. The van der Waals surface area contributed by atoms with Gasteiger partial charge in [-0.25, -0.2) is 0 Å². The van der Waals surface area contributed by atoms with Gasteiger partial charge in [0, 0.05) is 23.4 Å². The molecule has 0 amide bonds. The van der Waals surface area contributed by atoms with Crippen molar-refractivity contribution in [1.29, 1.82) is 0 Å². The van der Waals surface area contributed by atoms with E-state index in [9.17, 15) is 0 Å². The Hall–Kier alpha value is 0.270. The molecule has 3 heteroatoms. The van der Waals surface area contributed by atoms with E-state index in [2.05, 4.69) is 35.2 Å². The Kier molecular flexibility index (Phi) is 3.93. The Bertz CT molecular complexity index is 292. The molecule has 0 aromatic rings. The SMILES string of the molecule is CSC1CCC(N2CCCNC(C)(C3CC3)C2)C1. The Balaban J connectivity index is 1.64. The van der Waals surface area contributed by atoms with Gasteiger partial charge >= 0.3 is 0 Å². The van der Waals surface area contributed by atoms with Gasteiger partial charge in [-0.3, -0.25) is 4.90 Å². The fraction of sp³-hybridized carbons (Fsp3) is 1.00. The molecule has 18 heavy (non-hydrogen) atoms. The molecule has 1 heterocycles. The average Bonchev–Trinajstić information content (AvgIpc) is 3.14. The minimum atomic E-state index is 0.411. The highest BCUT2D eigenvalue weighted by atomic mass is 32.2. The predicted octanol–water partition coefficient (Wildman–Crippen LogP) is 2.73. The molecule has 2 nitrogen and oxygen atoms in total. The van der Waals surface area contributed by atoms with Crippen LogP contribution in [0.3, 0.4) is 0 Å². The molecule has 2 aliphatic carbocycles. The van der Waals surface area contributed by atoms with E-state index in [4.69, 9.17) is 0 Å². The summed E-state index contributed by atoms with van der Waals surface area (Å²) in [7, 11) is 0. The fourth-order valence-corrected chi connectivity index (χ4v) is 4.77. The van der Waals surface area contributed by atoms with Crippen molar-refractivity contribution in [2.45, 2.75) is 62.3 Å². The van der Waals surface area contributed by atoms with Crippen molar-refractivity contribution in [3.05, 3.63) is 0 Å². The molecule has 3 fully saturated rings. The van der Waals surface area contributed by atoms with Crippen LogP contribution in [-0.4, -0.2) is 47.6 Å². The van der Waals surface area contributed by atoms with Gasteiger partial charge in [0.2, 0.25) is 0 Å². The maximum Gasteiger partial charge on any atom is 0.0308 e. The smallest absolute Gasteiger partial charge is 0.0308 e. The zero-order valence-electron chi connectivity index (χ0n) is 12.0. The molecule has 0 bridgehead atoms. The van der Waals surface area contributed by atoms with Crippen molar-refractivity contribution in [1.82, 2.24) is 10.2 Å². The molecule has 0 spiro atoms. The Morgan fingerprint density at radius 3 is 2.72 bits per heavy atom. The lowest BCUT2D eigenvalue weighted by Crippen LogP contribution is -2.52. The van der Waals surface area contributed by atoms with E-state index in [0.29, 0.717) is 5.54 Å². The van der Waals surface area contributed by atoms with Gasteiger partial charge in [0.25, 0.3) is 0 Å². The van der Waals surface area contributed by atoms with Gasteiger partial charge in [0.1, 0.15) is 0 Å². The fourth-order valence-electron chi connectivity index (χ4n) is 3.98. The number of hydrogen-bond acceptors (Lipinski definition) is 3. The molecule has 3 rings (SSSR count). The number of nitrogens with one attached hydrogen (secondary N) is 1. The normalized spacial score (nSPS) is 43.0. The van der Waals surface area contributed by atoms with Crippen LogP contribution in [-0.2, 0) is 0 Å². The average molecular weight is 268 g/mol. The van der Waals surface area contributed by atoms with E-state index in [1.165, 1.54) is 58.2 Å². The third kappa shape index (κ3) is 2.73. The largest absolute Gasteiger partial charge is 0.310 e. The van der Waals surface area contributed by atoms with Crippen molar-refractivity contribution in [2.24, 2.45) is 5.92 Å². The van der Waals surface area contributed by atoms with Crippen molar-refractivity contribution in [3.63, 3.8) is 0 Å². The molecule has 3 aliphatic rings. The Morgan fingerprint density at radius 1 is 1.22 bits per heavy atom. The molecule has 2 saturated carbocycles. The zero-order valence-corrected chi connectivity index (χ0v) is 12.8. The van der Waals surface area contributed by atoms with Gasteiger partial charge in [-0.2, -0.15) is 11.8 Å². The Labute approximate surface area is 116 Å². The molecule has 104 valence electrons. The van der Waals surface area contributed by atoms with E-state index in [0.717, 1.165) is 17.2 Å². The van der Waals surface area contributed by atoms with E-state index in [1.54, 1.807) is 0 Å². The first-order valence-corrected chi connectivity index (χ1v) is 9.02. The van der Waals surface area contributed by atoms with E-state index in [1.807, 2.05) is 0 Å². The highest BCUT2D eigenvalue weighted by Crippen LogP contribution is 2.42. The molecule has 3 atom stereocenters. The van der Waals surface area contributed by atoms with Crippen LogP contribution in [0.4, 0.5) is 0 Å². The lowest BCUT2D eigenvalue weighted by Gasteiger charge is -2.37. The zero-order chi connectivity index (χ0) is 12.6. The molecule has 1 saturated heterocycles. The summed E-state index contributed by atoms with van der Waals surface area (Å²) >= 11 is 2.08. The number of rotatable bonds is 3. The summed E-state index contributed by atoms with van der Waals surface area (Å²) in [6.07, 6.45) is 10.8. The summed E-state index contributed by atoms with van der Waals surface area (Å²) in [4.78, 5) is 2.83. The summed E-state index contributed by atoms with van der Waals surface area (Å²) in [6, 6.07) is 0.875. The predicted molar refractivity (Wildman–Crippen MR) is 80.3 cm³/mol. The third-order valence-electron chi connectivity index (χ3n) is 5.37. The summed E-state index contributed by atoms with van der Waals surface area (Å²) in [5.41, 5.74) is 0.411. The van der Waals surface area contributed by atoms with Crippen LogP contribution in [0, 0.1) is 5.92 Å². The Morgan fingerprint density at radius 2 is 2.06 bits per heavy atom. The first kappa shape index (κ1) is 13.3. The molecular formula is C15H28N2S. The quantitative estimate of drug-likeness (QED) is 0.847. The van der Waals surface area contributed by atoms with Crippen molar-refractivity contribution >= 4 is 11.8 Å². The van der Waals surface area contributed by atoms with Crippen LogP contribution >= 0.6 is 11.8 Å². The van der Waals surface area contributed by atoms with Gasteiger partial charge in [0.05, 0.1) is 0 Å². The monoisotopic (exact) mass is 268 g/mol. The van der Waals surface area contributed by atoms with Gasteiger partial charge in [-0.1, -0.05) is 0 Å². The van der Waals surface area contributed by atoms with E-state index < -0.39 is 0 Å². The highest BCUT2D eigenvalue weighted by Gasteiger charge is 2.44. The third-order valence-corrected chi connectivity index (χ3v) is 6.46. The van der Waals surface area contributed by atoms with E-state index >= 15 is 0 Å². The minimum Gasteiger partial charge on any atom is -0.310 e. The van der Waals surface area contributed by atoms with Crippen molar-refractivity contribution in [3.8, 4) is 0 Å². The van der Waals surface area contributed by atoms with Gasteiger partial charge in [0.15, 0.2) is 0 Å². The standard InChI is InChI=1S/C15H28N2S/c1-15(12-4-5-12)11-17(9-3-8-16-15)13-6-7-14(10-13)18-2/h12-14,16H,3-11H2,1-2H3. The molecule has 0 radical (unpaired) electrons. The van der Waals surface area contributed by atoms with E-state index in [-0.39, 0.29) is 0 Å². The number of hydrogen-bond donors (Lipinski definition) is 1. The first-order valence-electron chi connectivity index (χ1n) is 7.73. The maximum atomic E-state index is 3.85. The van der Waals surface area contributed by atoms with Crippen LogP contribution in [0.25, 0.3) is 0 Å². The molecule has 3 unspecified atom stereocenters. The lowest BCUT2D eigenvalue weighted by molar-refractivity contribution is 0.152. The highest BCUT2D eigenvalue weighted by molar-refractivity contribution is 7.99. The topological polar surface area (TPSA) is 15.3 Å². The second-order valence-corrected chi connectivity index (χ2v) is 7.91. The number of nitrogens with zero attached hydrogens (tertiary/aromatic N) is 1. The first-order chi connectivity index (χ1) is 8.71. The molecule has 1 aliphatic heterocycles. The minimum absolute atomic E-state index is 0.411. The van der Waals surface area contributed by atoms with Crippen molar-refractivity contribution in [2.75, 3.05) is 25.9 Å². The lowest BCUT2D eigenvalue weighted by atomic mass is 9.94. The van der Waals surface area contributed by atoms with Crippen LogP contribution in [0.2, 0.25) is 0 Å². The van der Waals surface area contributed by atoms with Gasteiger partial charge in [-0.05, 0) is 70.7 Å². The second kappa shape index (κ2) is 5.34. The molecular weight excluding hydrogens is 240 g/mol. The van der Waals surface area contributed by atoms with Gasteiger partial charge in [-0.15, -0.1) is 0 Å². The second-order valence-electron chi connectivity index (χ2n) is 6.77. The summed E-state index contributed by atoms with van der Waals surface area (Å²) in [5.74, 6) is 0.954. The molecule has 0 aromatic heterocycles. The number of thioether (sulfide) groups is 1. The summed E-state index contributed by atoms with van der Waals surface area (Å²) in [6.45, 7) is 6.32. The van der Waals surface area contributed by atoms with Gasteiger partial charge < -0.3 is 5.32 Å². The van der Waals surface area contributed by atoms with Crippen molar-refractivity contribution < 1.29 is 0 Å². The molecule has 0 aromatic carbocycles. The van der Waals surface area contributed by atoms with Crippen LogP contribution in [0.15, 0.2) is 0 Å². The van der Waals surface area contributed by atoms with Crippen LogP contribution < -0.4 is 5.32 Å². The van der Waals surface area contributed by atoms with Crippen LogP contribution in [0.1, 0.15) is 45.4 Å². The van der Waals surface area contributed by atoms with Crippen LogP contribution in [0.5, 0.6) is 0 Å².